The molecule has 0 unspecified atom stereocenters. The normalized spacial score (nSPS) is 12.3. The fourth-order valence-electron chi connectivity index (χ4n) is 3.82. The largest absolute Gasteiger partial charge is 0.482 e. The van der Waals surface area contributed by atoms with Gasteiger partial charge in [0, 0.05) is 5.56 Å². The summed E-state index contributed by atoms with van der Waals surface area (Å²) in [5, 5.41) is 9.00. The Kier molecular flexibility index (Phi) is 7.93. The van der Waals surface area contributed by atoms with Crippen LogP contribution in [0.3, 0.4) is 0 Å². The van der Waals surface area contributed by atoms with Crippen LogP contribution in [0.2, 0.25) is 0 Å². The average molecular weight is 426 g/mol. The Balaban J connectivity index is 2.46. The molecular weight excluding hydrogens is 386 g/mol. The van der Waals surface area contributed by atoms with Crippen molar-refractivity contribution in [2.24, 2.45) is 0 Å². The molecular formula is C27H39NO3. The monoisotopic (exact) mass is 425 g/mol. The summed E-state index contributed by atoms with van der Waals surface area (Å²) in [6.45, 7) is 13.9. The van der Waals surface area contributed by atoms with E-state index in [-0.39, 0.29) is 17.4 Å². The van der Waals surface area contributed by atoms with Crippen LogP contribution in [-0.4, -0.2) is 43.2 Å². The van der Waals surface area contributed by atoms with Gasteiger partial charge in [0.25, 0.3) is 0 Å². The molecule has 0 saturated heterocycles. The molecule has 2 aromatic carbocycles. The number of ether oxygens (including phenoxy) is 1. The van der Waals surface area contributed by atoms with Gasteiger partial charge in [-0.1, -0.05) is 65.8 Å². The summed E-state index contributed by atoms with van der Waals surface area (Å²) in [7, 11) is 4.23. The van der Waals surface area contributed by atoms with Crippen molar-refractivity contribution in [3.8, 4) is 16.9 Å². The summed E-state index contributed by atoms with van der Waals surface area (Å²) in [4.78, 5) is 13.2. The molecule has 0 heterocycles. The van der Waals surface area contributed by atoms with Crippen LogP contribution in [0, 0.1) is 0 Å². The molecule has 4 heteroatoms. The first-order valence-electron chi connectivity index (χ1n) is 11.1. The number of aliphatic carboxylic acids is 1. The molecule has 0 aliphatic heterocycles. The van der Waals surface area contributed by atoms with Gasteiger partial charge in [0.2, 0.25) is 0 Å². The molecule has 0 fully saturated rings. The minimum Gasteiger partial charge on any atom is -0.482 e. The molecule has 2 aromatic rings. The quantitative estimate of drug-likeness (QED) is 0.571. The van der Waals surface area contributed by atoms with Crippen molar-refractivity contribution in [2.75, 3.05) is 27.2 Å². The molecule has 0 atom stereocenters. The number of aryl methyl sites for hydroxylation is 1. The van der Waals surface area contributed by atoms with E-state index < -0.39 is 5.97 Å². The van der Waals surface area contributed by atoms with Crippen molar-refractivity contribution in [1.29, 1.82) is 0 Å². The number of rotatable bonds is 8. The minimum atomic E-state index is -0.969. The Morgan fingerprint density at radius 3 is 1.97 bits per heavy atom. The van der Waals surface area contributed by atoms with E-state index in [1.165, 1.54) is 16.7 Å². The van der Waals surface area contributed by atoms with Gasteiger partial charge in [-0.2, -0.15) is 0 Å². The third-order valence-corrected chi connectivity index (χ3v) is 5.44. The van der Waals surface area contributed by atoms with Crippen molar-refractivity contribution in [1.82, 2.24) is 4.90 Å². The van der Waals surface area contributed by atoms with Crippen molar-refractivity contribution in [2.45, 2.75) is 65.2 Å². The third kappa shape index (κ3) is 7.10. The van der Waals surface area contributed by atoms with Crippen LogP contribution in [0.25, 0.3) is 11.1 Å². The lowest BCUT2D eigenvalue weighted by molar-refractivity contribution is -0.139. The number of carboxylic acids is 1. The molecule has 0 aliphatic rings. The highest BCUT2D eigenvalue weighted by atomic mass is 16.5. The number of nitrogens with zero attached hydrogens (tertiary/aromatic N) is 1. The first-order chi connectivity index (χ1) is 14.3. The number of carboxylic acid groups (broad SMARTS) is 1. The molecule has 0 saturated carbocycles. The summed E-state index contributed by atoms with van der Waals surface area (Å²) < 4.78 is 5.57. The maximum Gasteiger partial charge on any atom is 0.341 e. The second-order valence-electron chi connectivity index (χ2n) is 10.7. The zero-order valence-electron chi connectivity index (χ0n) is 20.5. The van der Waals surface area contributed by atoms with Crippen LogP contribution in [0.15, 0.2) is 36.4 Å². The van der Waals surface area contributed by atoms with E-state index in [1.54, 1.807) is 0 Å². The summed E-state index contributed by atoms with van der Waals surface area (Å²) in [6.07, 6.45) is 2.21. The molecule has 31 heavy (non-hydrogen) atoms. The van der Waals surface area contributed by atoms with Crippen molar-refractivity contribution in [3.05, 3.63) is 53.1 Å². The van der Waals surface area contributed by atoms with Crippen LogP contribution < -0.4 is 4.74 Å². The van der Waals surface area contributed by atoms with Crippen LogP contribution in [0.4, 0.5) is 0 Å². The van der Waals surface area contributed by atoms with Gasteiger partial charge in [-0.15, -0.1) is 0 Å². The fraction of sp³-hybridized carbons (Fsp3) is 0.519. The summed E-state index contributed by atoms with van der Waals surface area (Å²) >= 11 is 0. The van der Waals surface area contributed by atoms with E-state index in [9.17, 15) is 4.79 Å². The minimum absolute atomic E-state index is 0.0564. The summed E-state index contributed by atoms with van der Waals surface area (Å²) in [6, 6.07) is 12.9. The van der Waals surface area contributed by atoms with Crippen LogP contribution in [0.5, 0.6) is 5.75 Å². The first kappa shape index (κ1) is 24.9. The standard InChI is InChI=1S/C27H39NO3/c1-26(2,3)22-16-20(12-11-19(22)10-9-15-28(7)8)21-13-14-24(31-18-25(29)30)23(17-21)27(4,5)6/h11-14,16-17H,9-10,15,18H2,1-8H3,(H,29,30). The number of hydrogen-bond acceptors (Lipinski definition) is 3. The molecule has 0 bridgehead atoms. The molecule has 170 valence electrons. The maximum atomic E-state index is 11.0. The van der Waals surface area contributed by atoms with Gasteiger partial charge < -0.3 is 14.7 Å². The van der Waals surface area contributed by atoms with Gasteiger partial charge in [-0.05, 0) is 78.7 Å². The Hall–Kier alpha value is -2.33. The van der Waals surface area contributed by atoms with Gasteiger partial charge in [-0.3, -0.25) is 0 Å². The Morgan fingerprint density at radius 2 is 1.45 bits per heavy atom. The molecule has 0 aliphatic carbocycles. The number of benzene rings is 2. The van der Waals surface area contributed by atoms with E-state index >= 15 is 0 Å². The van der Waals surface area contributed by atoms with Crippen molar-refractivity contribution < 1.29 is 14.6 Å². The van der Waals surface area contributed by atoms with E-state index in [4.69, 9.17) is 9.84 Å². The number of carbonyl (C=O) groups is 1. The van der Waals surface area contributed by atoms with E-state index in [1.807, 2.05) is 12.1 Å². The van der Waals surface area contributed by atoms with Crippen LogP contribution in [-0.2, 0) is 22.0 Å². The Bertz CT molecular complexity index is 902. The van der Waals surface area contributed by atoms with Crippen molar-refractivity contribution in [3.63, 3.8) is 0 Å². The molecule has 0 aromatic heterocycles. The SMILES string of the molecule is CN(C)CCCc1ccc(-c2ccc(OCC(=O)O)c(C(C)(C)C)c2)cc1C(C)(C)C. The lowest BCUT2D eigenvalue weighted by atomic mass is 9.80. The lowest BCUT2D eigenvalue weighted by Gasteiger charge is -2.26. The average Bonchev–Trinajstić information content (AvgIpc) is 2.64. The van der Waals surface area contributed by atoms with Crippen LogP contribution >= 0.6 is 0 Å². The van der Waals surface area contributed by atoms with E-state index in [0.29, 0.717) is 5.75 Å². The molecule has 0 spiro atoms. The first-order valence-corrected chi connectivity index (χ1v) is 11.1. The highest BCUT2D eigenvalue weighted by Gasteiger charge is 2.22. The lowest BCUT2D eigenvalue weighted by Crippen LogP contribution is -2.17. The van der Waals surface area contributed by atoms with E-state index in [0.717, 1.165) is 30.5 Å². The zero-order valence-corrected chi connectivity index (χ0v) is 20.5. The molecule has 0 amide bonds. The smallest absolute Gasteiger partial charge is 0.341 e. The third-order valence-electron chi connectivity index (χ3n) is 5.44. The Morgan fingerprint density at radius 1 is 0.903 bits per heavy atom. The molecule has 2 rings (SSSR count). The van der Waals surface area contributed by atoms with Gasteiger partial charge in [-0.25, -0.2) is 4.79 Å². The van der Waals surface area contributed by atoms with Gasteiger partial charge >= 0.3 is 5.97 Å². The van der Waals surface area contributed by atoms with Crippen molar-refractivity contribution >= 4 is 5.97 Å². The summed E-state index contributed by atoms with van der Waals surface area (Å²) in [5.74, 6) is -0.335. The zero-order chi connectivity index (χ0) is 23.4. The highest BCUT2D eigenvalue weighted by Crippen LogP contribution is 2.37. The predicted molar refractivity (Wildman–Crippen MR) is 129 cm³/mol. The maximum absolute atomic E-state index is 11.0. The molecule has 4 nitrogen and oxygen atoms in total. The van der Waals surface area contributed by atoms with E-state index in [2.05, 4.69) is 84.8 Å². The van der Waals surface area contributed by atoms with Crippen LogP contribution in [0.1, 0.15) is 64.7 Å². The second kappa shape index (κ2) is 9.86. The van der Waals surface area contributed by atoms with Gasteiger partial charge in [0.05, 0.1) is 0 Å². The summed E-state index contributed by atoms with van der Waals surface area (Å²) in [5.41, 5.74) is 6.00. The Labute approximate surface area is 188 Å². The molecule has 1 N–H and O–H groups in total. The number of hydrogen-bond donors (Lipinski definition) is 1. The fourth-order valence-corrected chi connectivity index (χ4v) is 3.82. The topological polar surface area (TPSA) is 49.8 Å². The second-order valence-corrected chi connectivity index (χ2v) is 10.7. The highest BCUT2D eigenvalue weighted by molar-refractivity contribution is 5.70. The molecule has 0 radical (unpaired) electrons. The van der Waals surface area contributed by atoms with Gasteiger partial charge in [0.1, 0.15) is 5.75 Å². The predicted octanol–water partition coefficient (Wildman–Crippen LogP) is 5.91. The van der Waals surface area contributed by atoms with Gasteiger partial charge in [0.15, 0.2) is 6.61 Å².